The van der Waals surface area contributed by atoms with Gasteiger partial charge in [-0.1, -0.05) is 22.9 Å². The van der Waals surface area contributed by atoms with Gasteiger partial charge in [0.05, 0.1) is 12.7 Å². The number of benzene rings is 1. The van der Waals surface area contributed by atoms with E-state index in [0.717, 1.165) is 45.6 Å². The van der Waals surface area contributed by atoms with Crippen molar-refractivity contribution in [2.75, 3.05) is 17.7 Å². The van der Waals surface area contributed by atoms with E-state index in [2.05, 4.69) is 33.5 Å². The number of thiocarbonyl (C=S) groups is 1. The summed E-state index contributed by atoms with van der Waals surface area (Å²) < 4.78 is 6.04. The first-order valence-electron chi connectivity index (χ1n) is 8.46. The summed E-state index contributed by atoms with van der Waals surface area (Å²) in [6.45, 7) is 4.26. The zero-order chi connectivity index (χ0) is 18.8. The summed E-state index contributed by atoms with van der Waals surface area (Å²) in [5.74, 6) is 0.331. The van der Waals surface area contributed by atoms with Crippen molar-refractivity contribution in [1.29, 1.82) is 0 Å². The number of carbonyl (C=O) groups excluding carboxylic acids is 1. The number of thiophene rings is 1. The van der Waals surface area contributed by atoms with Crippen molar-refractivity contribution in [3.05, 3.63) is 44.2 Å². The first-order chi connectivity index (χ1) is 12.4. The Hall–Kier alpha value is -1.44. The maximum atomic E-state index is 12.4. The molecule has 0 amide bonds. The SMILES string of the molecule is COC(=O)c1c(NC(=S)Nc2ccc(Br)cc2C)sc2c1CCC(C)C2. The van der Waals surface area contributed by atoms with Crippen LogP contribution < -0.4 is 10.6 Å². The lowest BCUT2D eigenvalue weighted by Gasteiger charge is -2.18. The van der Waals surface area contributed by atoms with Crippen molar-refractivity contribution in [3.63, 3.8) is 0 Å². The Labute approximate surface area is 171 Å². The lowest BCUT2D eigenvalue weighted by atomic mass is 9.88. The molecule has 4 nitrogen and oxygen atoms in total. The molecule has 2 aromatic rings. The van der Waals surface area contributed by atoms with Gasteiger partial charge < -0.3 is 15.4 Å². The fourth-order valence-corrected chi connectivity index (χ4v) is 5.34. The predicted octanol–water partition coefficient (Wildman–Crippen LogP) is 5.54. The number of rotatable bonds is 3. The van der Waals surface area contributed by atoms with Gasteiger partial charge in [-0.25, -0.2) is 4.79 Å². The maximum Gasteiger partial charge on any atom is 0.341 e. The highest BCUT2D eigenvalue weighted by atomic mass is 79.9. The molecular weight excluding hydrogens is 432 g/mol. The Morgan fingerprint density at radius 3 is 2.85 bits per heavy atom. The van der Waals surface area contributed by atoms with Crippen LogP contribution in [0.4, 0.5) is 10.7 Å². The number of anilines is 2. The summed E-state index contributed by atoms with van der Waals surface area (Å²) in [4.78, 5) is 13.6. The van der Waals surface area contributed by atoms with Crippen molar-refractivity contribution >= 4 is 61.3 Å². The zero-order valence-electron chi connectivity index (χ0n) is 14.9. The molecule has 138 valence electrons. The molecule has 1 aromatic carbocycles. The molecule has 2 N–H and O–H groups in total. The Kier molecular flexibility index (Phi) is 5.99. The van der Waals surface area contributed by atoms with Crippen molar-refractivity contribution in [3.8, 4) is 0 Å². The summed E-state index contributed by atoms with van der Waals surface area (Å²) >= 11 is 10.5. The minimum Gasteiger partial charge on any atom is -0.465 e. The molecule has 0 radical (unpaired) electrons. The summed E-state index contributed by atoms with van der Waals surface area (Å²) in [6.07, 6.45) is 3.00. The van der Waals surface area contributed by atoms with Crippen molar-refractivity contribution in [2.45, 2.75) is 33.1 Å². The molecule has 0 fully saturated rings. The number of hydrogen-bond acceptors (Lipinski definition) is 4. The average molecular weight is 453 g/mol. The second kappa shape index (κ2) is 8.06. The van der Waals surface area contributed by atoms with Crippen molar-refractivity contribution < 1.29 is 9.53 Å². The third-order valence-electron chi connectivity index (χ3n) is 4.56. The molecule has 3 rings (SSSR count). The normalized spacial score (nSPS) is 15.9. The van der Waals surface area contributed by atoms with Gasteiger partial charge in [-0.3, -0.25) is 0 Å². The van der Waals surface area contributed by atoms with Crippen LogP contribution in [0, 0.1) is 12.8 Å². The van der Waals surface area contributed by atoms with E-state index in [0.29, 0.717) is 16.6 Å². The van der Waals surface area contributed by atoms with Gasteiger partial charge in [-0.05, 0) is 73.6 Å². The molecular formula is C19H21BrN2O2S2. The fraction of sp³-hybridized carbons (Fsp3) is 0.368. The lowest BCUT2D eigenvalue weighted by molar-refractivity contribution is 0.0601. The van der Waals surface area contributed by atoms with Crippen LogP contribution in [0.15, 0.2) is 22.7 Å². The fourth-order valence-electron chi connectivity index (χ4n) is 3.18. The van der Waals surface area contributed by atoms with Crippen LogP contribution >= 0.6 is 39.5 Å². The molecule has 0 bridgehead atoms. The van der Waals surface area contributed by atoms with Gasteiger partial charge in [0.2, 0.25) is 0 Å². The Balaban J connectivity index is 1.84. The molecule has 1 heterocycles. The molecule has 1 atom stereocenters. The first kappa shape index (κ1) is 19.3. The first-order valence-corrected chi connectivity index (χ1v) is 10.5. The standard InChI is InChI=1S/C19H21BrN2O2S2/c1-10-4-6-13-15(8-10)26-17(16(13)18(23)24-3)22-19(25)21-14-7-5-12(20)9-11(14)2/h5,7,9-10H,4,6,8H2,1-3H3,(H2,21,22,25). The van der Waals surface area contributed by atoms with E-state index in [-0.39, 0.29) is 5.97 Å². The molecule has 0 aliphatic heterocycles. The lowest BCUT2D eigenvalue weighted by Crippen LogP contribution is -2.21. The summed E-state index contributed by atoms with van der Waals surface area (Å²) in [5.41, 5.74) is 3.76. The largest absolute Gasteiger partial charge is 0.465 e. The van der Waals surface area contributed by atoms with Crippen LogP contribution in [0.1, 0.15) is 39.7 Å². The maximum absolute atomic E-state index is 12.4. The molecule has 26 heavy (non-hydrogen) atoms. The van der Waals surface area contributed by atoms with Crippen LogP contribution in [0.25, 0.3) is 0 Å². The van der Waals surface area contributed by atoms with E-state index >= 15 is 0 Å². The van der Waals surface area contributed by atoms with Crippen molar-refractivity contribution in [1.82, 2.24) is 0 Å². The molecule has 0 saturated heterocycles. The van der Waals surface area contributed by atoms with E-state index in [1.807, 2.05) is 25.1 Å². The summed E-state index contributed by atoms with van der Waals surface area (Å²) in [6, 6.07) is 5.95. The minimum absolute atomic E-state index is 0.304. The van der Waals surface area contributed by atoms with Crippen LogP contribution in [0.5, 0.6) is 0 Å². The highest BCUT2D eigenvalue weighted by molar-refractivity contribution is 9.10. The molecule has 0 saturated carbocycles. The second-order valence-electron chi connectivity index (χ2n) is 6.59. The van der Waals surface area contributed by atoms with Crippen LogP contribution in [0.3, 0.4) is 0 Å². The van der Waals surface area contributed by atoms with Crippen molar-refractivity contribution in [2.24, 2.45) is 5.92 Å². The smallest absolute Gasteiger partial charge is 0.341 e. The van der Waals surface area contributed by atoms with E-state index in [1.54, 1.807) is 11.3 Å². The Morgan fingerprint density at radius 2 is 2.15 bits per heavy atom. The number of ether oxygens (including phenoxy) is 1. The number of halogens is 1. The molecule has 7 heteroatoms. The second-order valence-corrected chi connectivity index (χ2v) is 9.01. The van der Waals surface area contributed by atoms with Crippen LogP contribution in [-0.2, 0) is 17.6 Å². The monoisotopic (exact) mass is 452 g/mol. The number of carbonyl (C=O) groups is 1. The number of esters is 1. The van der Waals surface area contributed by atoms with Gasteiger partial charge in [0.25, 0.3) is 0 Å². The van der Waals surface area contributed by atoms with Gasteiger partial charge in [-0.2, -0.15) is 0 Å². The molecule has 0 spiro atoms. The van der Waals surface area contributed by atoms with E-state index in [1.165, 1.54) is 12.0 Å². The minimum atomic E-state index is -0.304. The highest BCUT2D eigenvalue weighted by Gasteiger charge is 2.28. The number of methoxy groups -OCH3 is 1. The third kappa shape index (κ3) is 4.10. The highest BCUT2D eigenvalue weighted by Crippen LogP contribution is 2.40. The molecule has 1 unspecified atom stereocenters. The number of hydrogen-bond donors (Lipinski definition) is 2. The zero-order valence-corrected chi connectivity index (χ0v) is 18.2. The topological polar surface area (TPSA) is 50.4 Å². The van der Waals surface area contributed by atoms with Crippen LogP contribution in [-0.4, -0.2) is 18.2 Å². The van der Waals surface area contributed by atoms with E-state index in [4.69, 9.17) is 17.0 Å². The average Bonchev–Trinajstić information content (AvgIpc) is 2.93. The van der Waals surface area contributed by atoms with Gasteiger partial charge >= 0.3 is 5.97 Å². The Bertz CT molecular complexity index is 863. The summed E-state index contributed by atoms with van der Waals surface area (Å²) in [5, 5.41) is 7.66. The number of fused-ring (bicyclic) bond motifs is 1. The molecule has 1 aliphatic rings. The molecule has 1 aliphatic carbocycles. The summed E-state index contributed by atoms with van der Waals surface area (Å²) in [7, 11) is 1.42. The van der Waals surface area contributed by atoms with Gasteiger partial charge in [-0.15, -0.1) is 11.3 Å². The van der Waals surface area contributed by atoms with Gasteiger partial charge in [0.1, 0.15) is 5.00 Å². The van der Waals surface area contributed by atoms with Crippen LogP contribution in [0.2, 0.25) is 0 Å². The number of aryl methyl sites for hydroxylation is 1. The molecule has 1 aromatic heterocycles. The van der Waals surface area contributed by atoms with Gasteiger partial charge in [0, 0.05) is 15.0 Å². The number of nitrogens with one attached hydrogen (secondary N) is 2. The predicted molar refractivity (Wildman–Crippen MR) is 116 cm³/mol. The van der Waals surface area contributed by atoms with E-state index < -0.39 is 0 Å². The van der Waals surface area contributed by atoms with E-state index in [9.17, 15) is 4.79 Å². The van der Waals surface area contributed by atoms with Gasteiger partial charge in [0.15, 0.2) is 5.11 Å². The quantitative estimate of drug-likeness (QED) is 0.472. The Morgan fingerprint density at radius 1 is 1.38 bits per heavy atom. The third-order valence-corrected chi connectivity index (χ3v) is 6.43.